The van der Waals surface area contributed by atoms with Crippen LogP contribution < -0.4 is 0 Å². The van der Waals surface area contributed by atoms with Gasteiger partial charge < -0.3 is 14.2 Å². The van der Waals surface area contributed by atoms with E-state index in [1.54, 1.807) is 0 Å². The van der Waals surface area contributed by atoms with E-state index >= 15 is 0 Å². The molecule has 4 atom stereocenters. The normalized spacial score (nSPS) is 27.3. The van der Waals surface area contributed by atoms with Crippen LogP contribution in [0.3, 0.4) is 0 Å². The number of fused-ring (bicyclic) bond motifs is 1. The molecule has 0 unspecified atom stereocenters. The van der Waals surface area contributed by atoms with Crippen LogP contribution in [-0.4, -0.2) is 42.3 Å². The van der Waals surface area contributed by atoms with E-state index in [2.05, 4.69) is 0 Å². The Morgan fingerprint density at radius 1 is 0.806 bits per heavy atom. The molecular formula is C20H25O10P. The molecule has 11 heteroatoms. The Morgan fingerprint density at radius 3 is 1.71 bits per heavy atom. The molecule has 1 aromatic rings. The summed E-state index contributed by atoms with van der Waals surface area (Å²) in [7, 11) is -4.15. The quantitative estimate of drug-likeness (QED) is 0.371. The zero-order valence-electron chi connectivity index (χ0n) is 17.5. The molecule has 0 amide bonds. The van der Waals surface area contributed by atoms with Gasteiger partial charge in [0.15, 0.2) is 6.10 Å². The molecule has 31 heavy (non-hydrogen) atoms. The van der Waals surface area contributed by atoms with Gasteiger partial charge in [0, 0.05) is 20.8 Å². The van der Waals surface area contributed by atoms with Crippen LogP contribution in [0, 0.1) is 0 Å². The molecule has 2 aliphatic rings. The molecule has 0 spiro atoms. The third-order valence-corrected chi connectivity index (χ3v) is 6.25. The van der Waals surface area contributed by atoms with Gasteiger partial charge in [0.1, 0.15) is 18.3 Å². The lowest BCUT2D eigenvalue weighted by Gasteiger charge is -2.40. The Hall–Kier alpha value is -2.26. The van der Waals surface area contributed by atoms with Crippen molar-refractivity contribution in [2.24, 2.45) is 0 Å². The number of rotatable bonds is 5. The van der Waals surface area contributed by atoms with E-state index in [9.17, 15) is 18.9 Å². The summed E-state index contributed by atoms with van der Waals surface area (Å²) in [5.74, 6) is -1.86. The molecule has 1 aromatic carbocycles. The Morgan fingerprint density at radius 2 is 1.26 bits per heavy atom. The Balaban J connectivity index is 1.87. The van der Waals surface area contributed by atoms with Crippen molar-refractivity contribution in [2.45, 2.75) is 71.2 Å². The van der Waals surface area contributed by atoms with Gasteiger partial charge in [-0.15, -0.1) is 0 Å². The zero-order chi connectivity index (χ0) is 22.6. The van der Waals surface area contributed by atoms with Crippen molar-refractivity contribution in [1.29, 1.82) is 0 Å². The van der Waals surface area contributed by atoms with Crippen LogP contribution in [0.4, 0.5) is 0 Å². The van der Waals surface area contributed by atoms with Crippen LogP contribution in [0.1, 0.15) is 44.7 Å². The summed E-state index contributed by atoms with van der Waals surface area (Å²) in [6, 6.07) is 7.26. The Kier molecular flexibility index (Phi) is 7.48. The van der Waals surface area contributed by atoms with Crippen molar-refractivity contribution in [1.82, 2.24) is 0 Å². The van der Waals surface area contributed by atoms with Crippen molar-refractivity contribution < 1.29 is 46.7 Å². The van der Waals surface area contributed by atoms with Gasteiger partial charge in [-0.05, 0) is 24.0 Å². The second-order valence-corrected chi connectivity index (χ2v) is 8.90. The first-order valence-electron chi connectivity index (χ1n) is 9.83. The minimum absolute atomic E-state index is 0.0238. The molecule has 1 fully saturated rings. The maximum absolute atomic E-state index is 13.3. The summed E-state index contributed by atoms with van der Waals surface area (Å²) >= 11 is 0. The standard InChI is InChI=1S/C20H25O10P/c1-12(21)27-17-8-9-18(28-13(2)22)20(19(17)29-14(3)23)30-31(24)25-10-15-6-4-5-7-16(15)11-26-31/h4-7,17-20H,8-11H2,1-3H3/t17-,18-,19-,20+/m1/s1. The van der Waals surface area contributed by atoms with E-state index in [1.807, 2.05) is 24.3 Å². The number of hydrogen-bond donors (Lipinski definition) is 0. The molecule has 1 heterocycles. The van der Waals surface area contributed by atoms with Crippen LogP contribution in [0.15, 0.2) is 24.3 Å². The Bertz CT molecular complexity index is 853. The van der Waals surface area contributed by atoms with Crippen LogP contribution in [0.2, 0.25) is 0 Å². The fourth-order valence-electron chi connectivity index (χ4n) is 3.60. The maximum Gasteiger partial charge on any atom is 0.475 e. The van der Waals surface area contributed by atoms with Gasteiger partial charge >= 0.3 is 25.7 Å². The molecule has 10 nitrogen and oxygen atoms in total. The van der Waals surface area contributed by atoms with E-state index in [1.165, 1.54) is 20.8 Å². The van der Waals surface area contributed by atoms with Crippen LogP contribution in [0.25, 0.3) is 0 Å². The molecule has 0 aromatic heterocycles. The van der Waals surface area contributed by atoms with Gasteiger partial charge in [0.05, 0.1) is 13.2 Å². The number of carbonyl (C=O) groups is 3. The van der Waals surface area contributed by atoms with Gasteiger partial charge in [0.25, 0.3) is 0 Å². The first kappa shape index (κ1) is 23.4. The molecule has 1 aliphatic heterocycles. The minimum Gasteiger partial charge on any atom is -0.460 e. The largest absolute Gasteiger partial charge is 0.475 e. The second kappa shape index (κ2) is 9.91. The lowest BCUT2D eigenvalue weighted by Crippen LogP contribution is -2.54. The third kappa shape index (κ3) is 6.13. The predicted molar refractivity (Wildman–Crippen MR) is 104 cm³/mol. The summed E-state index contributed by atoms with van der Waals surface area (Å²) < 4.78 is 45.9. The number of benzene rings is 1. The highest BCUT2D eigenvalue weighted by Crippen LogP contribution is 2.55. The monoisotopic (exact) mass is 456 g/mol. The van der Waals surface area contributed by atoms with Gasteiger partial charge in [-0.25, -0.2) is 4.57 Å². The number of phosphoric acid groups is 1. The SMILES string of the molecule is CC(=O)O[C@H]1[C@@H](OP2(=O)OCc3ccccc3CO2)[C@H](OC(C)=O)CC[C@H]1OC(C)=O. The van der Waals surface area contributed by atoms with Gasteiger partial charge in [-0.1, -0.05) is 24.3 Å². The molecule has 1 saturated carbocycles. The number of hydrogen-bond acceptors (Lipinski definition) is 10. The first-order valence-corrected chi connectivity index (χ1v) is 11.3. The fraction of sp³-hybridized carbons (Fsp3) is 0.550. The zero-order valence-corrected chi connectivity index (χ0v) is 18.4. The Labute approximate surface area is 179 Å². The summed E-state index contributed by atoms with van der Waals surface area (Å²) in [5, 5.41) is 0. The summed E-state index contributed by atoms with van der Waals surface area (Å²) in [6.07, 6.45) is -3.75. The molecular weight excluding hydrogens is 431 g/mol. The molecule has 1 aliphatic carbocycles. The first-order chi connectivity index (χ1) is 14.7. The average Bonchev–Trinajstić information content (AvgIpc) is 2.85. The van der Waals surface area contributed by atoms with Gasteiger partial charge in [0.2, 0.25) is 0 Å². The molecule has 0 saturated heterocycles. The maximum atomic E-state index is 13.3. The van der Waals surface area contributed by atoms with Crippen molar-refractivity contribution >= 4 is 25.7 Å². The van der Waals surface area contributed by atoms with Crippen LogP contribution >= 0.6 is 7.82 Å². The van der Waals surface area contributed by atoms with E-state index in [0.717, 1.165) is 11.1 Å². The smallest absolute Gasteiger partial charge is 0.460 e. The number of ether oxygens (including phenoxy) is 3. The van der Waals surface area contributed by atoms with E-state index in [0.29, 0.717) is 0 Å². The van der Waals surface area contributed by atoms with Crippen molar-refractivity contribution in [2.75, 3.05) is 0 Å². The van der Waals surface area contributed by atoms with Gasteiger partial charge in [-0.3, -0.25) is 28.0 Å². The molecule has 0 N–H and O–H groups in total. The van der Waals surface area contributed by atoms with E-state index in [-0.39, 0.29) is 26.1 Å². The summed E-state index contributed by atoms with van der Waals surface area (Å²) in [5.41, 5.74) is 1.58. The highest BCUT2D eigenvalue weighted by Gasteiger charge is 2.50. The summed E-state index contributed by atoms with van der Waals surface area (Å²) in [4.78, 5) is 34.9. The van der Waals surface area contributed by atoms with E-state index < -0.39 is 50.1 Å². The lowest BCUT2D eigenvalue weighted by molar-refractivity contribution is -0.198. The highest BCUT2D eigenvalue weighted by molar-refractivity contribution is 7.48. The topological polar surface area (TPSA) is 124 Å². The number of carbonyl (C=O) groups excluding carboxylic acids is 3. The lowest BCUT2D eigenvalue weighted by atomic mass is 9.89. The molecule has 0 radical (unpaired) electrons. The molecule has 0 bridgehead atoms. The number of phosphoric ester groups is 1. The molecule has 170 valence electrons. The fourth-order valence-corrected chi connectivity index (χ4v) is 4.95. The van der Waals surface area contributed by atoms with Gasteiger partial charge in [-0.2, -0.15) is 0 Å². The second-order valence-electron chi connectivity index (χ2n) is 7.28. The van der Waals surface area contributed by atoms with Crippen LogP contribution in [-0.2, 0) is 59.9 Å². The average molecular weight is 456 g/mol. The van der Waals surface area contributed by atoms with Crippen molar-refractivity contribution in [3.05, 3.63) is 35.4 Å². The van der Waals surface area contributed by atoms with E-state index in [4.69, 9.17) is 27.8 Å². The van der Waals surface area contributed by atoms with Crippen molar-refractivity contribution in [3.8, 4) is 0 Å². The summed E-state index contributed by atoms with van der Waals surface area (Å²) in [6.45, 7) is 3.56. The predicted octanol–water partition coefficient (Wildman–Crippen LogP) is 2.82. The van der Waals surface area contributed by atoms with Crippen LogP contribution in [0.5, 0.6) is 0 Å². The minimum atomic E-state index is -4.15. The highest BCUT2D eigenvalue weighted by atomic mass is 31.2. The third-order valence-electron chi connectivity index (χ3n) is 4.85. The van der Waals surface area contributed by atoms with Crippen molar-refractivity contribution in [3.63, 3.8) is 0 Å². The molecule has 3 rings (SSSR count). The number of esters is 3.